The number of methoxy groups -OCH3 is 1. The second-order valence-corrected chi connectivity index (χ2v) is 4.40. The summed E-state index contributed by atoms with van der Waals surface area (Å²) in [7, 11) is 3.70. The van der Waals surface area contributed by atoms with Crippen molar-refractivity contribution in [2.45, 2.75) is 19.4 Å². The van der Waals surface area contributed by atoms with Crippen LogP contribution >= 0.6 is 0 Å². The van der Waals surface area contributed by atoms with E-state index in [2.05, 4.69) is 42.6 Å². The van der Waals surface area contributed by atoms with Crippen LogP contribution in [0.5, 0.6) is 5.75 Å². The average Bonchev–Trinajstić information content (AvgIpc) is 2.38. The highest BCUT2D eigenvalue weighted by molar-refractivity contribution is 5.87. The molecule has 17 heavy (non-hydrogen) atoms. The van der Waals surface area contributed by atoms with E-state index in [0.29, 0.717) is 6.04 Å². The van der Waals surface area contributed by atoms with E-state index in [4.69, 9.17) is 4.74 Å². The van der Waals surface area contributed by atoms with Gasteiger partial charge in [-0.2, -0.15) is 0 Å². The lowest BCUT2D eigenvalue weighted by molar-refractivity contribution is 0.415. The van der Waals surface area contributed by atoms with Crippen molar-refractivity contribution in [3.8, 4) is 5.75 Å². The molecule has 0 saturated carbocycles. The fraction of sp³-hybridized carbons (Fsp3) is 0.333. The van der Waals surface area contributed by atoms with Crippen LogP contribution in [-0.4, -0.2) is 20.2 Å². The van der Waals surface area contributed by atoms with E-state index in [1.165, 1.54) is 16.3 Å². The molecule has 0 fully saturated rings. The van der Waals surface area contributed by atoms with Gasteiger partial charge < -0.3 is 10.1 Å². The standard InChI is InChI=1S/C15H19NO/c1-11(16-2)9-13-6-4-5-12-7-8-14(17-3)10-15(12)13/h4-8,10-11,16H,9H2,1-3H3. The maximum Gasteiger partial charge on any atom is 0.119 e. The second-order valence-electron chi connectivity index (χ2n) is 4.40. The summed E-state index contributed by atoms with van der Waals surface area (Å²) in [6.07, 6.45) is 1.03. The third kappa shape index (κ3) is 2.59. The van der Waals surface area contributed by atoms with E-state index in [1.54, 1.807) is 7.11 Å². The average molecular weight is 229 g/mol. The van der Waals surface area contributed by atoms with Crippen molar-refractivity contribution in [1.82, 2.24) is 5.32 Å². The van der Waals surface area contributed by atoms with Gasteiger partial charge in [-0.15, -0.1) is 0 Å². The summed E-state index contributed by atoms with van der Waals surface area (Å²) in [6, 6.07) is 13.2. The monoisotopic (exact) mass is 229 g/mol. The van der Waals surface area contributed by atoms with Gasteiger partial charge in [0.25, 0.3) is 0 Å². The maximum absolute atomic E-state index is 5.29. The Balaban J connectivity index is 2.46. The van der Waals surface area contributed by atoms with Crippen LogP contribution in [0.1, 0.15) is 12.5 Å². The van der Waals surface area contributed by atoms with Gasteiger partial charge in [-0.25, -0.2) is 0 Å². The fourth-order valence-corrected chi connectivity index (χ4v) is 2.05. The molecule has 0 bridgehead atoms. The van der Waals surface area contributed by atoms with E-state index < -0.39 is 0 Å². The van der Waals surface area contributed by atoms with Crippen molar-refractivity contribution in [2.24, 2.45) is 0 Å². The molecule has 2 aromatic rings. The first kappa shape index (κ1) is 11.9. The maximum atomic E-state index is 5.29. The van der Waals surface area contributed by atoms with Crippen LogP contribution in [0.2, 0.25) is 0 Å². The molecule has 0 aliphatic rings. The smallest absolute Gasteiger partial charge is 0.119 e. The van der Waals surface area contributed by atoms with Gasteiger partial charge in [0.15, 0.2) is 0 Å². The van der Waals surface area contributed by atoms with Crippen molar-refractivity contribution in [2.75, 3.05) is 14.2 Å². The van der Waals surface area contributed by atoms with Gasteiger partial charge >= 0.3 is 0 Å². The van der Waals surface area contributed by atoms with Crippen molar-refractivity contribution < 1.29 is 4.74 Å². The third-order valence-corrected chi connectivity index (χ3v) is 3.20. The number of hydrogen-bond acceptors (Lipinski definition) is 2. The van der Waals surface area contributed by atoms with Crippen molar-refractivity contribution in [3.05, 3.63) is 42.0 Å². The molecule has 2 heteroatoms. The van der Waals surface area contributed by atoms with Gasteiger partial charge in [0.1, 0.15) is 5.75 Å². The zero-order chi connectivity index (χ0) is 12.3. The van der Waals surface area contributed by atoms with Gasteiger partial charge in [-0.05, 0) is 48.9 Å². The third-order valence-electron chi connectivity index (χ3n) is 3.20. The Morgan fingerprint density at radius 2 is 2.06 bits per heavy atom. The molecule has 1 unspecified atom stereocenters. The van der Waals surface area contributed by atoms with Crippen LogP contribution in [-0.2, 0) is 6.42 Å². The molecule has 90 valence electrons. The van der Waals surface area contributed by atoms with Crippen LogP contribution in [0.4, 0.5) is 0 Å². The highest BCUT2D eigenvalue weighted by Gasteiger charge is 2.05. The summed E-state index contributed by atoms with van der Waals surface area (Å²) in [6.45, 7) is 2.19. The number of hydrogen-bond donors (Lipinski definition) is 1. The molecule has 2 rings (SSSR count). The summed E-state index contributed by atoms with van der Waals surface area (Å²) in [5, 5.41) is 5.83. The van der Waals surface area contributed by atoms with E-state index in [-0.39, 0.29) is 0 Å². The Morgan fingerprint density at radius 3 is 2.76 bits per heavy atom. The molecule has 0 heterocycles. The van der Waals surface area contributed by atoms with Gasteiger partial charge in [-0.3, -0.25) is 0 Å². The number of rotatable bonds is 4. The first-order chi connectivity index (χ1) is 8.24. The van der Waals surface area contributed by atoms with Crippen molar-refractivity contribution >= 4 is 10.8 Å². The molecule has 0 aliphatic carbocycles. The molecule has 0 saturated heterocycles. The highest BCUT2D eigenvalue weighted by atomic mass is 16.5. The van der Waals surface area contributed by atoms with E-state index in [1.807, 2.05) is 13.1 Å². The molecule has 1 atom stereocenters. The molecule has 0 aliphatic heterocycles. The number of benzene rings is 2. The first-order valence-corrected chi connectivity index (χ1v) is 5.97. The minimum atomic E-state index is 0.479. The Kier molecular flexibility index (Phi) is 3.64. The lowest BCUT2D eigenvalue weighted by Gasteiger charge is -2.13. The minimum Gasteiger partial charge on any atom is -0.497 e. The largest absolute Gasteiger partial charge is 0.497 e. The van der Waals surface area contributed by atoms with Crippen LogP contribution in [0, 0.1) is 0 Å². The predicted molar refractivity (Wildman–Crippen MR) is 72.7 cm³/mol. The second kappa shape index (κ2) is 5.19. The molecule has 0 aromatic heterocycles. The number of fused-ring (bicyclic) bond motifs is 1. The molecule has 0 spiro atoms. The molecule has 1 N–H and O–H groups in total. The SMILES string of the molecule is CNC(C)Cc1cccc2ccc(OC)cc12. The summed E-state index contributed by atoms with van der Waals surface area (Å²) in [5.41, 5.74) is 1.36. The van der Waals surface area contributed by atoms with Crippen LogP contribution in [0.3, 0.4) is 0 Å². The number of nitrogens with one attached hydrogen (secondary N) is 1. The zero-order valence-corrected chi connectivity index (χ0v) is 10.7. The topological polar surface area (TPSA) is 21.3 Å². The molecular weight excluding hydrogens is 210 g/mol. The Morgan fingerprint density at radius 1 is 1.24 bits per heavy atom. The normalized spacial score (nSPS) is 12.6. The first-order valence-electron chi connectivity index (χ1n) is 5.97. The van der Waals surface area contributed by atoms with Gasteiger partial charge in [0.2, 0.25) is 0 Å². The van der Waals surface area contributed by atoms with Crippen molar-refractivity contribution in [3.63, 3.8) is 0 Å². The van der Waals surface area contributed by atoms with Gasteiger partial charge in [0, 0.05) is 6.04 Å². The van der Waals surface area contributed by atoms with Gasteiger partial charge in [0.05, 0.1) is 7.11 Å². The summed E-state index contributed by atoms with van der Waals surface area (Å²) in [4.78, 5) is 0. The number of likely N-dealkylation sites (N-methyl/N-ethyl adjacent to an activating group) is 1. The van der Waals surface area contributed by atoms with Gasteiger partial charge in [-0.1, -0.05) is 24.3 Å². The Hall–Kier alpha value is -1.54. The summed E-state index contributed by atoms with van der Waals surface area (Å²) < 4.78 is 5.29. The lowest BCUT2D eigenvalue weighted by atomic mass is 9.99. The van der Waals surface area contributed by atoms with Crippen molar-refractivity contribution in [1.29, 1.82) is 0 Å². The van der Waals surface area contributed by atoms with E-state index >= 15 is 0 Å². The molecule has 2 aromatic carbocycles. The van der Waals surface area contributed by atoms with Crippen LogP contribution < -0.4 is 10.1 Å². The van der Waals surface area contributed by atoms with E-state index in [0.717, 1.165) is 12.2 Å². The summed E-state index contributed by atoms with van der Waals surface area (Å²) >= 11 is 0. The van der Waals surface area contributed by atoms with E-state index in [9.17, 15) is 0 Å². The molecule has 0 radical (unpaired) electrons. The number of ether oxygens (including phenoxy) is 1. The Bertz CT molecular complexity index is 507. The minimum absolute atomic E-state index is 0.479. The predicted octanol–water partition coefficient (Wildman–Crippen LogP) is 3.00. The summed E-state index contributed by atoms with van der Waals surface area (Å²) in [5.74, 6) is 0.919. The lowest BCUT2D eigenvalue weighted by Crippen LogP contribution is -2.23. The molecule has 0 amide bonds. The fourth-order valence-electron chi connectivity index (χ4n) is 2.05. The molecule has 2 nitrogen and oxygen atoms in total. The Labute approximate surface area is 103 Å². The van der Waals surface area contributed by atoms with Crippen LogP contribution in [0.15, 0.2) is 36.4 Å². The molecular formula is C15H19NO. The quantitative estimate of drug-likeness (QED) is 0.870. The van der Waals surface area contributed by atoms with Crippen LogP contribution in [0.25, 0.3) is 10.8 Å². The highest BCUT2D eigenvalue weighted by Crippen LogP contribution is 2.24. The zero-order valence-electron chi connectivity index (χ0n) is 10.7.